The molecule has 4 heterocycles. The van der Waals surface area contributed by atoms with Crippen molar-refractivity contribution in [3.8, 4) is 10.7 Å². The second kappa shape index (κ2) is 9.32. The first-order chi connectivity index (χ1) is 16.4. The molecule has 34 heavy (non-hydrogen) atoms. The standard InChI is InChI=1S/C26H30N4O2S2/c1-17(21(31)15-23-26(2,3)19-10-5-6-11-20(19)29(23)4)34-25-28-27-24(22-12-8-14-33-22)30(25)16-18-9-7-13-32-18/h5-6,8,10-12,14-15,17-18H,7,9,13,16H2,1-4H3/b23-15-. The fourth-order valence-corrected chi connectivity index (χ4v) is 6.44. The fraction of sp³-hybridized carbons (Fsp3) is 0.423. The Kier molecular flexibility index (Phi) is 6.39. The average Bonchev–Trinajstić information content (AvgIpc) is 3.62. The number of anilines is 1. The van der Waals surface area contributed by atoms with E-state index in [0.717, 1.165) is 46.7 Å². The molecule has 5 rings (SSSR count). The summed E-state index contributed by atoms with van der Waals surface area (Å²) >= 11 is 3.12. The number of rotatable bonds is 7. The Morgan fingerprint density at radius 2 is 2.12 bits per heavy atom. The maximum Gasteiger partial charge on any atom is 0.192 e. The van der Waals surface area contributed by atoms with Crippen LogP contribution in [0.5, 0.6) is 0 Å². The Labute approximate surface area is 209 Å². The number of fused-ring (bicyclic) bond motifs is 1. The SMILES string of the molecule is CC(Sc1nnc(-c2cccs2)n1CC1CCCO1)C(=O)/C=C1\N(C)c2ccccc2C1(C)C. The van der Waals surface area contributed by atoms with Crippen LogP contribution in [0.2, 0.25) is 0 Å². The summed E-state index contributed by atoms with van der Waals surface area (Å²) in [4.78, 5) is 16.6. The molecule has 6 nitrogen and oxygen atoms in total. The van der Waals surface area contributed by atoms with Crippen molar-refractivity contribution in [3.63, 3.8) is 0 Å². The van der Waals surface area contributed by atoms with Gasteiger partial charge in [0.05, 0.1) is 22.8 Å². The maximum atomic E-state index is 13.4. The van der Waals surface area contributed by atoms with E-state index in [2.05, 4.69) is 57.8 Å². The molecule has 2 unspecified atom stereocenters. The van der Waals surface area contributed by atoms with E-state index >= 15 is 0 Å². The first kappa shape index (κ1) is 23.3. The number of carbonyl (C=O) groups excluding carboxylic acids is 1. The van der Waals surface area contributed by atoms with Gasteiger partial charge in [-0.1, -0.05) is 49.9 Å². The van der Waals surface area contributed by atoms with Crippen LogP contribution in [0.1, 0.15) is 39.2 Å². The molecule has 1 aromatic carbocycles. The molecule has 0 saturated carbocycles. The minimum Gasteiger partial charge on any atom is -0.376 e. The number of nitrogens with zero attached hydrogens (tertiary/aromatic N) is 4. The Bertz CT molecular complexity index is 1210. The first-order valence-electron chi connectivity index (χ1n) is 11.7. The minimum atomic E-state index is -0.288. The number of hydrogen-bond acceptors (Lipinski definition) is 7. The smallest absolute Gasteiger partial charge is 0.192 e. The molecule has 1 fully saturated rings. The number of thiophene rings is 1. The van der Waals surface area contributed by atoms with Crippen LogP contribution in [-0.4, -0.2) is 45.6 Å². The molecule has 1 saturated heterocycles. The van der Waals surface area contributed by atoms with Crippen molar-refractivity contribution in [2.24, 2.45) is 0 Å². The number of likely N-dealkylation sites (N-methyl/N-ethyl adjacent to an activating group) is 1. The van der Waals surface area contributed by atoms with Gasteiger partial charge in [0, 0.05) is 36.5 Å². The zero-order chi connectivity index (χ0) is 23.9. The van der Waals surface area contributed by atoms with Gasteiger partial charge in [-0.2, -0.15) is 0 Å². The van der Waals surface area contributed by atoms with Gasteiger partial charge in [0.25, 0.3) is 0 Å². The van der Waals surface area contributed by atoms with Gasteiger partial charge in [-0.3, -0.25) is 9.36 Å². The molecule has 178 valence electrons. The van der Waals surface area contributed by atoms with E-state index in [1.807, 2.05) is 37.6 Å². The Hall–Kier alpha value is -2.42. The lowest BCUT2D eigenvalue weighted by Crippen LogP contribution is -2.25. The molecule has 2 aliphatic rings. The second-order valence-electron chi connectivity index (χ2n) is 9.42. The quantitative estimate of drug-likeness (QED) is 0.317. The number of benzene rings is 1. The summed E-state index contributed by atoms with van der Waals surface area (Å²) in [7, 11) is 2.04. The number of ether oxygens (including phenoxy) is 1. The van der Waals surface area contributed by atoms with Crippen LogP contribution in [-0.2, 0) is 21.5 Å². The second-order valence-corrected chi connectivity index (χ2v) is 11.7. The Morgan fingerprint density at radius 1 is 1.29 bits per heavy atom. The third kappa shape index (κ3) is 4.23. The highest BCUT2D eigenvalue weighted by atomic mass is 32.2. The summed E-state index contributed by atoms with van der Waals surface area (Å²) < 4.78 is 8.03. The van der Waals surface area contributed by atoms with Crippen LogP contribution < -0.4 is 4.90 Å². The summed E-state index contributed by atoms with van der Waals surface area (Å²) in [5.74, 6) is 0.926. The van der Waals surface area contributed by atoms with E-state index in [1.54, 1.807) is 11.3 Å². The van der Waals surface area contributed by atoms with E-state index in [0.29, 0.717) is 6.54 Å². The van der Waals surface area contributed by atoms with E-state index < -0.39 is 0 Å². The topological polar surface area (TPSA) is 60.2 Å². The summed E-state index contributed by atoms with van der Waals surface area (Å²) in [5.41, 5.74) is 3.20. The number of hydrogen-bond donors (Lipinski definition) is 0. The van der Waals surface area contributed by atoms with Crippen LogP contribution >= 0.6 is 23.1 Å². The monoisotopic (exact) mass is 494 g/mol. The lowest BCUT2D eigenvalue weighted by Gasteiger charge is -2.24. The number of thioether (sulfide) groups is 1. The molecule has 0 aliphatic carbocycles. The first-order valence-corrected chi connectivity index (χ1v) is 13.5. The van der Waals surface area contributed by atoms with Gasteiger partial charge in [0.15, 0.2) is 16.8 Å². The molecule has 0 N–H and O–H groups in total. The van der Waals surface area contributed by atoms with Gasteiger partial charge < -0.3 is 9.64 Å². The molecule has 0 spiro atoms. The predicted molar refractivity (Wildman–Crippen MR) is 139 cm³/mol. The van der Waals surface area contributed by atoms with Crippen molar-refractivity contribution in [1.29, 1.82) is 0 Å². The van der Waals surface area contributed by atoms with Gasteiger partial charge in [0.1, 0.15) is 0 Å². The molecule has 3 aromatic rings. The molecule has 0 amide bonds. The number of ketones is 1. The van der Waals surface area contributed by atoms with Crippen LogP contribution in [0.15, 0.2) is 58.7 Å². The predicted octanol–water partition coefficient (Wildman–Crippen LogP) is 5.55. The van der Waals surface area contributed by atoms with Crippen LogP contribution in [0.4, 0.5) is 5.69 Å². The molecule has 2 aromatic heterocycles. The highest BCUT2D eigenvalue weighted by Crippen LogP contribution is 2.46. The summed E-state index contributed by atoms with van der Waals surface area (Å²) in [6.07, 6.45) is 4.10. The van der Waals surface area contributed by atoms with Crippen molar-refractivity contribution in [1.82, 2.24) is 14.8 Å². The molecule has 0 radical (unpaired) electrons. The minimum absolute atomic E-state index is 0.0806. The number of carbonyl (C=O) groups is 1. The molecule has 2 atom stereocenters. The van der Waals surface area contributed by atoms with Gasteiger partial charge >= 0.3 is 0 Å². The van der Waals surface area contributed by atoms with Crippen molar-refractivity contribution in [2.45, 2.75) is 62.1 Å². The number of para-hydroxylation sites is 1. The molecular weight excluding hydrogens is 464 g/mol. The van der Waals surface area contributed by atoms with Crippen LogP contribution in [0.3, 0.4) is 0 Å². The van der Waals surface area contributed by atoms with Crippen molar-refractivity contribution < 1.29 is 9.53 Å². The normalized spacial score (nSPS) is 21.2. The average molecular weight is 495 g/mol. The van der Waals surface area contributed by atoms with Gasteiger partial charge in [0.2, 0.25) is 0 Å². The van der Waals surface area contributed by atoms with Gasteiger partial charge in [-0.15, -0.1) is 21.5 Å². The molecular formula is C26H30N4O2S2. The third-order valence-electron chi connectivity index (χ3n) is 6.77. The van der Waals surface area contributed by atoms with Gasteiger partial charge in [-0.05, 0) is 42.8 Å². The maximum absolute atomic E-state index is 13.4. The summed E-state index contributed by atoms with van der Waals surface area (Å²) in [5, 5.41) is 11.5. The third-order valence-corrected chi connectivity index (χ3v) is 8.74. The van der Waals surface area contributed by atoms with Gasteiger partial charge in [-0.25, -0.2) is 0 Å². The largest absolute Gasteiger partial charge is 0.376 e. The highest BCUT2D eigenvalue weighted by molar-refractivity contribution is 8.00. The lowest BCUT2D eigenvalue weighted by atomic mass is 9.83. The molecule has 0 bridgehead atoms. The van der Waals surface area contributed by atoms with Crippen LogP contribution in [0, 0.1) is 0 Å². The zero-order valence-electron chi connectivity index (χ0n) is 20.0. The van der Waals surface area contributed by atoms with E-state index in [-0.39, 0.29) is 22.6 Å². The van der Waals surface area contributed by atoms with Crippen molar-refractivity contribution in [2.75, 3.05) is 18.6 Å². The Balaban J connectivity index is 1.39. The zero-order valence-corrected chi connectivity index (χ0v) is 21.7. The van der Waals surface area contributed by atoms with E-state index in [4.69, 9.17) is 4.74 Å². The highest BCUT2D eigenvalue weighted by Gasteiger charge is 2.39. The van der Waals surface area contributed by atoms with E-state index in [1.165, 1.54) is 17.3 Å². The van der Waals surface area contributed by atoms with Crippen molar-refractivity contribution in [3.05, 3.63) is 59.1 Å². The van der Waals surface area contributed by atoms with Crippen molar-refractivity contribution >= 4 is 34.6 Å². The molecule has 2 aliphatic heterocycles. The summed E-state index contributed by atoms with van der Waals surface area (Å²) in [6, 6.07) is 12.4. The fourth-order valence-electron chi connectivity index (χ4n) is 4.85. The number of aromatic nitrogens is 3. The Morgan fingerprint density at radius 3 is 2.82 bits per heavy atom. The molecule has 8 heteroatoms. The lowest BCUT2D eigenvalue weighted by molar-refractivity contribution is -0.114. The van der Waals surface area contributed by atoms with E-state index in [9.17, 15) is 4.79 Å². The summed E-state index contributed by atoms with van der Waals surface area (Å²) in [6.45, 7) is 7.82. The number of allylic oxidation sites excluding steroid dienone is 2. The van der Waals surface area contributed by atoms with Crippen LogP contribution in [0.25, 0.3) is 10.7 Å².